The molecule has 2 rings (SSSR count). The molecule has 0 saturated heterocycles. The molecule has 0 spiro atoms. The first-order chi connectivity index (χ1) is 6.77. The van der Waals surface area contributed by atoms with Crippen LogP contribution in [0.5, 0.6) is 11.5 Å². The van der Waals surface area contributed by atoms with Crippen molar-refractivity contribution in [1.82, 2.24) is 0 Å². The number of phenolic OH excluding ortho intramolecular Hbond substituents is 1. The Labute approximate surface area is 84.6 Å². The Kier molecular flexibility index (Phi) is 2.13. The molecule has 1 aromatic heterocycles. The Balaban J connectivity index is 2.87. The topological polar surface area (TPSA) is 46.5 Å². The number of thiophene rings is 1. The van der Waals surface area contributed by atoms with E-state index in [4.69, 9.17) is 4.74 Å². The van der Waals surface area contributed by atoms with Crippen molar-refractivity contribution in [1.29, 1.82) is 0 Å². The van der Waals surface area contributed by atoms with Crippen LogP contribution < -0.4 is 4.74 Å². The third-order valence-electron chi connectivity index (χ3n) is 2.05. The van der Waals surface area contributed by atoms with Gasteiger partial charge in [0.1, 0.15) is 0 Å². The van der Waals surface area contributed by atoms with E-state index in [1.165, 1.54) is 18.4 Å². The molecule has 0 aliphatic heterocycles. The van der Waals surface area contributed by atoms with Crippen LogP contribution in [-0.2, 0) is 0 Å². The van der Waals surface area contributed by atoms with Crippen molar-refractivity contribution in [3.63, 3.8) is 0 Å². The summed E-state index contributed by atoms with van der Waals surface area (Å²) >= 11 is 1.43. The minimum absolute atomic E-state index is 0.0857. The highest BCUT2D eigenvalue weighted by Crippen LogP contribution is 2.37. The van der Waals surface area contributed by atoms with E-state index in [2.05, 4.69) is 0 Å². The average Bonchev–Trinajstić information content (AvgIpc) is 2.64. The second-order valence-electron chi connectivity index (χ2n) is 2.80. The van der Waals surface area contributed by atoms with Gasteiger partial charge in [-0.1, -0.05) is 0 Å². The number of hydrogen-bond acceptors (Lipinski definition) is 4. The lowest BCUT2D eigenvalue weighted by Gasteiger charge is -2.05. The van der Waals surface area contributed by atoms with Crippen LogP contribution in [0.1, 0.15) is 10.4 Å². The number of methoxy groups -OCH3 is 1. The lowest BCUT2D eigenvalue weighted by Crippen LogP contribution is -1.88. The van der Waals surface area contributed by atoms with Gasteiger partial charge in [0.15, 0.2) is 17.8 Å². The summed E-state index contributed by atoms with van der Waals surface area (Å²) in [7, 11) is 1.46. The molecule has 1 N–H and O–H groups in total. The smallest absolute Gasteiger partial charge is 0.169 e. The average molecular weight is 208 g/mol. The van der Waals surface area contributed by atoms with Crippen LogP contribution in [0, 0.1) is 0 Å². The number of fused-ring (bicyclic) bond motifs is 1. The second-order valence-corrected chi connectivity index (χ2v) is 3.71. The largest absolute Gasteiger partial charge is 0.504 e. The van der Waals surface area contributed by atoms with Gasteiger partial charge in [-0.2, -0.15) is 0 Å². The molecule has 0 aliphatic rings. The second kappa shape index (κ2) is 3.31. The van der Waals surface area contributed by atoms with Crippen molar-refractivity contribution in [3.05, 3.63) is 23.1 Å². The molecule has 1 heterocycles. The molecule has 0 bridgehead atoms. The summed E-state index contributed by atoms with van der Waals surface area (Å²) in [4.78, 5) is 10.8. The maximum atomic E-state index is 10.8. The molecule has 3 nitrogen and oxygen atoms in total. The standard InChI is InChI=1S/C10H8O3S/c1-13-8-4-6-2-3-14-10(6)7(5-11)9(8)12/h2-5,12H,1H3. The number of hydrogen-bond donors (Lipinski definition) is 1. The minimum Gasteiger partial charge on any atom is -0.504 e. The van der Waals surface area contributed by atoms with E-state index < -0.39 is 0 Å². The van der Waals surface area contributed by atoms with Gasteiger partial charge < -0.3 is 9.84 Å². The molecule has 0 atom stereocenters. The number of phenols is 1. The van der Waals surface area contributed by atoms with Crippen LogP contribution in [0.3, 0.4) is 0 Å². The van der Waals surface area contributed by atoms with Crippen molar-refractivity contribution in [3.8, 4) is 11.5 Å². The van der Waals surface area contributed by atoms with E-state index in [1.807, 2.05) is 11.4 Å². The van der Waals surface area contributed by atoms with E-state index in [1.54, 1.807) is 6.07 Å². The quantitative estimate of drug-likeness (QED) is 0.771. The molecule has 0 radical (unpaired) electrons. The number of benzene rings is 1. The predicted molar refractivity (Wildman–Crippen MR) is 55.4 cm³/mol. The Hall–Kier alpha value is -1.55. The Morgan fingerprint density at radius 3 is 3.00 bits per heavy atom. The van der Waals surface area contributed by atoms with Gasteiger partial charge in [0, 0.05) is 4.70 Å². The van der Waals surface area contributed by atoms with Crippen molar-refractivity contribution >= 4 is 27.7 Å². The summed E-state index contributed by atoms with van der Waals surface area (Å²) in [5.41, 5.74) is 0.300. The van der Waals surface area contributed by atoms with E-state index in [9.17, 15) is 9.90 Å². The lowest BCUT2D eigenvalue weighted by molar-refractivity contribution is 0.112. The van der Waals surface area contributed by atoms with Crippen LogP contribution in [0.25, 0.3) is 10.1 Å². The maximum absolute atomic E-state index is 10.8. The Morgan fingerprint density at radius 2 is 2.36 bits per heavy atom. The van der Waals surface area contributed by atoms with E-state index in [0.717, 1.165) is 10.1 Å². The van der Waals surface area contributed by atoms with Gasteiger partial charge in [0.05, 0.1) is 12.7 Å². The van der Waals surface area contributed by atoms with Gasteiger partial charge in [-0.25, -0.2) is 0 Å². The van der Waals surface area contributed by atoms with Crippen LogP contribution in [0.15, 0.2) is 17.5 Å². The minimum atomic E-state index is -0.0857. The predicted octanol–water partition coefficient (Wildman–Crippen LogP) is 2.43. The molecule has 1 aromatic carbocycles. The molecule has 14 heavy (non-hydrogen) atoms. The van der Waals surface area contributed by atoms with Gasteiger partial charge in [-0.3, -0.25) is 4.79 Å². The van der Waals surface area contributed by atoms with Crippen LogP contribution in [-0.4, -0.2) is 18.5 Å². The molecule has 0 aliphatic carbocycles. The summed E-state index contributed by atoms with van der Waals surface area (Å²) in [6, 6.07) is 3.60. The summed E-state index contributed by atoms with van der Waals surface area (Å²) in [6.45, 7) is 0. The van der Waals surface area contributed by atoms with Gasteiger partial charge >= 0.3 is 0 Å². The highest BCUT2D eigenvalue weighted by molar-refractivity contribution is 7.17. The van der Waals surface area contributed by atoms with Gasteiger partial charge in [-0.05, 0) is 22.9 Å². The monoisotopic (exact) mass is 208 g/mol. The van der Waals surface area contributed by atoms with E-state index in [0.29, 0.717) is 17.6 Å². The Morgan fingerprint density at radius 1 is 1.57 bits per heavy atom. The fourth-order valence-electron chi connectivity index (χ4n) is 1.37. The summed E-state index contributed by atoms with van der Waals surface area (Å²) in [5, 5.41) is 12.4. The molecule has 0 fully saturated rings. The number of ether oxygens (including phenoxy) is 1. The zero-order valence-corrected chi connectivity index (χ0v) is 8.30. The highest BCUT2D eigenvalue weighted by Gasteiger charge is 2.13. The van der Waals surface area contributed by atoms with E-state index >= 15 is 0 Å². The maximum Gasteiger partial charge on any atom is 0.169 e. The molecule has 2 aromatic rings. The third kappa shape index (κ3) is 1.15. The summed E-state index contributed by atoms with van der Waals surface area (Å²) in [5.74, 6) is 0.246. The Bertz CT molecular complexity index is 487. The fraction of sp³-hybridized carbons (Fsp3) is 0.100. The van der Waals surface area contributed by atoms with Crippen molar-refractivity contribution in [2.45, 2.75) is 0 Å². The summed E-state index contributed by atoms with van der Waals surface area (Å²) < 4.78 is 5.75. The summed E-state index contributed by atoms with van der Waals surface area (Å²) in [6.07, 6.45) is 0.649. The zero-order chi connectivity index (χ0) is 10.1. The van der Waals surface area contributed by atoms with Crippen LogP contribution in [0.2, 0.25) is 0 Å². The number of carbonyl (C=O) groups is 1. The van der Waals surface area contributed by atoms with Crippen molar-refractivity contribution in [2.75, 3.05) is 7.11 Å². The number of rotatable bonds is 2. The fourth-order valence-corrected chi connectivity index (χ4v) is 2.25. The van der Waals surface area contributed by atoms with Crippen LogP contribution >= 0.6 is 11.3 Å². The lowest BCUT2D eigenvalue weighted by atomic mass is 10.1. The molecule has 4 heteroatoms. The molecule has 0 amide bonds. The molecule has 0 unspecified atom stereocenters. The van der Waals surface area contributed by atoms with E-state index in [-0.39, 0.29) is 5.75 Å². The number of carbonyl (C=O) groups excluding carboxylic acids is 1. The molecular weight excluding hydrogens is 200 g/mol. The first kappa shape index (κ1) is 9.02. The SMILES string of the molecule is COc1cc2ccsc2c(C=O)c1O. The first-order valence-electron chi connectivity index (χ1n) is 4.00. The first-order valence-corrected chi connectivity index (χ1v) is 4.88. The van der Waals surface area contributed by atoms with Gasteiger partial charge in [-0.15, -0.1) is 11.3 Å². The molecule has 72 valence electrons. The van der Waals surface area contributed by atoms with Crippen LogP contribution in [0.4, 0.5) is 0 Å². The molecule has 0 saturated carbocycles. The zero-order valence-electron chi connectivity index (χ0n) is 7.48. The van der Waals surface area contributed by atoms with Gasteiger partial charge in [0.25, 0.3) is 0 Å². The number of aldehydes is 1. The normalized spacial score (nSPS) is 10.4. The third-order valence-corrected chi connectivity index (χ3v) is 3.02. The molecular formula is C10H8O3S. The van der Waals surface area contributed by atoms with Crippen molar-refractivity contribution < 1.29 is 14.6 Å². The highest BCUT2D eigenvalue weighted by atomic mass is 32.1. The van der Waals surface area contributed by atoms with Gasteiger partial charge in [0.2, 0.25) is 0 Å². The number of aromatic hydroxyl groups is 1. The van der Waals surface area contributed by atoms with Crippen molar-refractivity contribution in [2.24, 2.45) is 0 Å².